The van der Waals surface area contributed by atoms with Crippen LogP contribution in [0.25, 0.3) is 0 Å². The molecule has 7 nitrogen and oxygen atoms in total. The van der Waals surface area contributed by atoms with Crippen LogP contribution in [0.5, 0.6) is 5.75 Å². The standard InChI is InChI=1S/C23H27NO6/c1-23(2,3)30-22(26)24-18(15-9-7-6-8-10-15)19(21(25)28-5)29-20(24)16-11-13-17(27-4)14-12-16/h6-14,18-20H,1-5H3/t18-,19+,20?/m0/s1. The Morgan fingerprint density at radius 2 is 1.57 bits per heavy atom. The van der Waals surface area contributed by atoms with Crippen molar-refractivity contribution in [1.82, 2.24) is 4.90 Å². The Morgan fingerprint density at radius 1 is 0.933 bits per heavy atom. The van der Waals surface area contributed by atoms with Gasteiger partial charge in [0, 0.05) is 5.56 Å². The summed E-state index contributed by atoms with van der Waals surface area (Å²) in [4.78, 5) is 27.3. The summed E-state index contributed by atoms with van der Waals surface area (Å²) in [7, 11) is 2.87. The van der Waals surface area contributed by atoms with Gasteiger partial charge in [-0.3, -0.25) is 4.90 Å². The molecule has 3 rings (SSSR count). The first kappa shape index (κ1) is 21.6. The lowest BCUT2D eigenvalue weighted by atomic mass is 10.0. The summed E-state index contributed by atoms with van der Waals surface area (Å²) >= 11 is 0. The number of methoxy groups -OCH3 is 2. The van der Waals surface area contributed by atoms with Crippen molar-refractivity contribution in [1.29, 1.82) is 0 Å². The highest BCUT2D eigenvalue weighted by Gasteiger charge is 2.51. The number of amides is 1. The van der Waals surface area contributed by atoms with Crippen molar-refractivity contribution in [3.8, 4) is 5.75 Å². The molecule has 2 aromatic carbocycles. The van der Waals surface area contributed by atoms with E-state index in [1.165, 1.54) is 12.0 Å². The molecule has 160 valence electrons. The molecular formula is C23H27NO6. The molecule has 0 aromatic heterocycles. The Morgan fingerprint density at radius 3 is 2.10 bits per heavy atom. The Hall–Kier alpha value is -3.06. The molecule has 1 aliphatic heterocycles. The van der Waals surface area contributed by atoms with E-state index in [9.17, 15) is 9.59 Å². The van der Waals surface area contributed by atoms with Gasteiger partial charge in [-0.15, -0.1) is 0 Å². The van der Waals surface area contributed by atoms with Crippen LogP contribution >= 0.6 is 0 Å². The number of esters is 1. The first-order valence-corrected chi connectivity index (χ1v) is 9.68. The molecule has 1 saturated heterocycles. The lowest BCUT2D eigenvalue weighted by molar-refractivity contribution is -0.154. The topological polar surface area (TPSA) is 74.3 Å². The van der Waals surface area contributed by atoms with Gasteiger partial charge in [0.05, 0.1) is 14.2 Å². The van der Waals surface area contributed by atoms with Crippen LogP contribution in [0, 0.1) is 0 Å². The van der Waals surface area contributed by atoms with Crippen LogP contribution in [0.2, 0.25) is 0 Å². The highest BCUT2D eigenvalue weighted by molar-refractivity contribution is 5.79. The highest BCUT2D eigenvalue weighted by atomic mass is 16.6. The van der Waals surface area contributed by atoms with Crippen LogP contribution in [-0.4, -0.2) is 42.9 Å². The molecular weight excluding hydrogens is 386 g/mol. The summed E-state index contributed by atoms with van der Waals surface area (Å²) in [6.07, 6.45) is -2.42. The van der Waals surface area contributed by atoms with Gasteiger partial charge in [-0.2, -0.15) is 0 Å². The van der Waals surface area contributed by atoms with E-state index in [2.05, 4.69) is 0 Å². The fourth-order valence-electron chi connectivity index (χ4n) is 3.39. The van der Waals surface area contributed by atoms with Gasteiger partial charge in [0.1, 0.15) is 17.4 Å². The normalized spacial score (nSPS) is 21.2. The summed E-state index contributed by atoms with van der Waals surface area (Å²) in [6, 6.07) is 15.7. The molecule has 0 bridgehead atoms. The average molecular weight is 413 g/mol. The van der Waals surface area contributed by atoms with Crippen molar-refractivity contribution in [2.24, 2.45) is 0 Å². The van der Waals surface area contributed by atoms with E-state index in [0.717, 1.165) is 5.56 Å². The Balaban J connectivity index is 2.09. The van der Waals surface area contributed by atoms with Crippen LogP contribution in [0.4, 0.5) is 4.79 Å². The summed E-state index contributed by atoms with van der Waals surface area (Å²) in [5.74, 6) is 0.109. The zero-order chi connectivity index (χ0) is 21.9. The molecule has 0 spiro atoms. The van der Waals surface area contributed by atoms with Crippen molar-refractivity contribution in [3.05, 3.63) is 65.7 Å². The van der Waals surface area contributed by atoms with E-state index in [1.54, 1.807) is 52.1 Å². The Bertz CT molecular complexity index is 875. The minimum absolute atomic E-state index is 0.562. The van der Waals surface area contributed by atoms with Crippen LogP contribution in [0.3, 0.4) is 0 Å². The number of rotatable bonds is 4. The van der Waals surface area contributed by atoms with Gasteiger partial charge in [0.15, 0.2) is 12.3 Å². The number of hydrogen-bond donors (Lipinski definition) is 0. The van der Waals surface area contributed by atoms with Crippen molar-refractivity contribution < 1.29 is 28.5 Å². The quantitative estimate of drug-likeness (QED) is 0.698. The molecule has 0 radical (unpaired) electrons. The molecule has 1 aliphatic rings. The van der Waals surface area contributed by atoms with Gasteiger partial charge in [-0.05, 0) is 38.5 Å². The molecule has 7 heteroatoms. The van der Waals surface area contributed by atoms with Crippen molar-refractivity contribution >= 4 is 12.1 Å². The summed E-state index contributed by atoms with van der Waals surface area (Å²) in [5.41, 5.74) is 0.718. The van der Waals surface area contributed by atoms with Gasteiger partial charge in [0.25, 0.3) is 0 Å². The highest BCUT2D eigenvalue weighted by Crippen LogP contribution is 2.44. The second kappa shape index (κ2) is 8.75. The third-order valence-electron chi connectivity index (χ3n) is 4.69. The lowest BCUT2D eigenvalue weighted by Gasteiger charge is -2.31. The molecule has 1 unspecified atom stereocenters. The summed E-state index contributed by atoms with van der Waals surface area (Å²) in [6.45, 7) is 5.37. The number of carbonyl (C=O) groups is 2. The molecule has 0 aliphatic carbocycles. The number of nitrogens with zero attached hydrogens (tertiary/aromatic N) is 1. The Labute approximate surface area is 176 Å². The molecule has 30 heavy (non-hydrogen) atoms. The second-order valence-electron chi connectivity index (χ2n) is 7.95. The molecule has 1 amide bonds. The van der Waals surface area contributed by atoms with Crippen LogP contribution in [0.1, 0.15) is 44.2 Å². The fourth-order valence-corrected chi connectivity index (χ4v) is 3.39. The van der Waals surface area contributed by atoms with E-state index in [0.29, 0.717) is 11.3 Å². The number of benzene rings is 2. The van der Waals surface area contributed by atoms with Gasteiger partial charge in [-0.25, -0.2) is 9.59 Å². The minimum Gasteiger partial charge on any atom is -0.497 e. The van der Waals surface area contributed by atoms with E-state index >= 15 is 0 Å². The molecule has 1 fully saturated rings. The van der Waals surface area contributed by atoms with Gasteiger partial charge in [-0.1, -0.05) is 42.5 Å². The zero-order valence-electron chi connectivity index (χ0n) is 17.8. The maximum Gasteiger partial charge on any atom is 0.413 e. The summed E-state index contributed by atoms with van der Waals surface area (Å²) in [5, 5.41) is 0. The molecule has 0 saturated carbocycles. The smallest absolute Gasteiger partial charge is 0.413 e. The molecule has 2 aromatic rings. The van der Waals surface area contributed by atoms with Crippen LogP contribution in [-0.2, 0) is 19.0 Å². The first-order valence-electron chi connectivity index (χ1n) is 9.68. The van der Waals surface area contributed by atoms with E-state index in [-0.39, 0.29) is 0 Å². The molecule has 0 N–H and O–H groups in total. The van der Waals surface area contributed by atoms with Crippen LogP contribution < -0.4 is 4.74 Å². The first-order chi connectivity index (χ1) is 14.2. The monoisotopic (exact) mass is 413 g/mol. The second-order valence-corrected chi connectivity index (χ2v) is 7.95. The van der Waals surface area contributed by atoms with Crippen molar-refractivity contribution in [3.63, 3.8) is 0 Å². The SMILES string of the molecule is COC(=O)[C@@H]1OC(c2ccc(OC)cc2)N(C(=O)OC(C)(C)C)[C@H]1c1ccccc1. The van der Waals surface area contributed by atoms with E-state index < -0.39 is 36.0 Å². The summed E-state index contributed by atoms with van der Waals surface area (Å²) < 4.78 is 22.0. The number of ether oxygens (including phenoxy) is 4. The zero-order valence-corrected chi connectivity index (χ0v) is 17.8. The maximum atomic E-state index is 13.3. The number of carbonyl (C=O) groups excluding carboxylic acids is 2. The predicted octanol–water partition coefficient (Wildman–Crippen LogP) is 4.24. The Kier molecular flexibility index (Phi) is 6.31. The van der Waals surface area contributed by atoms with Gasteiger partial charge < -0.3 is 18.9 Å². The van der Waals surface area contributed by atoms with Crippen molar-refractivity contribution in [2.75, 3.05) is 14.2 Å². The van der Waals surface area contributed by atoms with Gasteiger partial charge in [0.2, 0.25) is 0 Å². The van der Waals surface area contributed by atoms with Crippen molar-refractivity contribution in [2.45, 2.75) is 44.7 Å². The van der Waals surface area contributed by atoms with Crippen LogP contribution in [0.15, 0.2) is 54.6 Å². The third-order valence-corrected chi connectivity index (χ3v) is 4.69. The molecule has 3 atom stereocenters. The number of hydrogen-bond acceptors (Lipinski definition) is 6. The average Bonchev–Trinajstić information content (AvgIpc) is 3.13. The predicted molar refractivity (Wildman–Crippen MR) is 110 cm³/mol. The van der Waals surface area contributed by atoms with E-state index in [4.69, 9.17) is 18.9 Å². The maximum absolute atomic E-state index is 13.3. The van der Waals surface area contributed by atoms with Gasteiger partial charge >= 0.3 is 12.1 Å². The largest absolute Gasteiger partial charge is 0.497 e. The molecule has 1 heterocycles. The third kappa shape index (κ3) is 4.57. The lowest BCUT2D eigenvalue weighted by Crippen LogP contribution is -2.40. The fraction of sp³-hybridized carbons (Fsp3) is 0.391. The minimum atomic E-state index is -1.00. The van der Waals surface area contributed by atoms with E-state index in [1.807, 2.05) is 30.3 Å².